The minimum absolute atomic E-state index is 0.0307. The lowest BCUT2D eigenvalue weighted by molar-refractivity contribution is -0.140. The smallest absolute Gasteiger partial charge is 0.251 e. The van der Waals surface area contributed by atoms with Gasteiger partial charge in [-0.05, 0) is 13.3 Å². The molecule has 0 bridgehead atoms. The summed E-state index contributed by atoms with van der Waals surface area (Å²) in [5.41, 5.74) is 0.349. The first-order valence-electron chi connectivity index (χ1n) is 7.91. The van der Waals surface area contributed by atoms with Crippen molar-refractivity contribution in [3.05, 3.63) is 40.6 Å². The SMILES string of the molecule is Cc1nc([C@@H]2COCCN2C(=O)CCCn2cncn2)cc(=O)[nH]1. The van der Waals surface area contributed by atoms with Gasteiger partial charge in [-0.1, -0.05) is 0 Å². The van der Waals surface area contributed by atoms with Gasteiger partial charge in [-0.15, -0.1) is 0 Å². The molecule has 1 fully saturated rings. The van der Waals surface area contributed by atoms with Gasteiger partial charge in [-0.3, -0.25) is 14.3 Å². The number of carbonyl (C=O) groups excluding carboxylic acids is 1. The molecule has 0 unspecified atom stereocenters. The van der Waals surface area contributed by atoms with Gasteiger partial charge < -0.3 is 14.6 Å². The number of morpholine rings is 1. The van der Waals surface area contributed by atoms with E-state index in [1.54, 1.807) is 22.8 Å². The summed E-state index contributed by atoms with van der Waals surface area (Å²) in [6.07, 6.45) is 4.18. The molecule has 0 spiro atoms. The number of aromatic nitrogens is 5. The lowest BCUT2D eigenvalue weighted by atomic mass is 10.1. The highest BCUT2D eigenvalue weighted by Crippen LogP contribution is 2.23. The van der Waals surface area contributed by atoms with Crippen molar-refractivity contribution in [2.75, 3.05) is 19.8 Å². The van der Waals surface area contributed by atoms with Crippen molar-refractivity contribution in [1.82, 2.24) is 29.6 Å². The zero-order chi connectivity index (χ0) is 16.9. The molecule has 1 N–H and O–H groups in total. The summed E-state index contributed by atoms with van der Waals surface area (Å²) in [7, 11) is 0. The molecule has 1 amide bonds. The Labute approximate surface area is 138 Å². The number of H-pyrrole nitrogens is 1. The fourth-order valence-corrected chi connectivity index (χ4v) is 2.80. The Hall–Kier alpha value is -2.55. The van der Waals surface area contributed by atoms with Crippen LogP contribution in [0.5, 0.6) is 0 Å². The van der Waals surface area contributed by atoms with Crippen molar-refractivity contribution in [3.8, 4) is 0 Å². The van der Waals surface area contributed by atoms with E-state index in [0.717, 1.165) is 0 Å². The van der Waals surface area contributed by atoms with Crippen molar-refractivity contribution in [2.45, 2.75) is 32.4 Å². The number of aromatic amines is 1. The van der Waals surface area contributed by atoms with Gasteiger partial charge in [0, 0.05) is 25.6 Å². The van der Waals surface area contributed by atoms with E-state index >= 15 is 0 Å². The molecule has 1 saturated heterocycles. The van der Waals surface area contributed by atoms with E-state index in [-0.39, 0.29) is 17.5 Å². The standard InChI is InChI=1S/C15H20N6O3/c1-11-18-12(7-14(22)19-11)13-8-24-6-5-21(13)15(23)3-2-4-20-10-16-9-17-20/h7,9-10,13H,2-6,8H2,1H3,(H,18,19,22)/t13-/m0/s1. The van der Waals surface area contributed by atoms with Crippen LogP contribution in [0.2, 0.25) is 0 Å². The number of ether oxygens (including phenoxy) is 1. The minimum Gasteiger partial charge on any atom is -0.377 e. The lowest BCUT2D eigenvalue weighted by Gasteiger charge is -2.35. The maximum absolute atomic E-state index is 12.6. The second-order valence-corrected chi connectivity index (χ2v) is 5.70. The third-order valence-electron chi connectivity index (χ3n) is 3.91. The first-order chi connectivity index (χ1) is 11.6. The molecule has 1 aliphatic heterocycles. The molecule has 3 rings (SSSR count). The van der Waals surface area contributed by atoms with Crippen molar-refractivity contribution < 1.29 is 9.53 Å². The maximum atomic E-state index is 12.6. The topological polar surface area (TPSA) is 106 Å². The highest BCUT2D eigenvalue weighted by molar-refractivity contribution is 5.76. The molecule has 0 aliphatic carbocycles. The van der Waals surface area contributed by atoms with Gasteiger partial charge in [0.15, 0.2) is 0 Å². The molecule has 3 heterocycles. The van der Waals surface area contributed by atoms with Crippen LogP contribution in [0.25, 0.3) is 0 Å². The first kappa shape index (κ1) is 16.3. The molecular weight excluding hydrogens is 312 g/mol. The number of amides is 1. The van der Waals surface area contributed by atoms with Crippen molar-refractivity contribution in [1.29, 1.82) is 0 Å². The fourth-order valence-electron chi connectivity index (χ4n) is 2.80. The van der Waals surface area contributed by atoms with E-state index in [1.807, 2.05) is 0 Å². The van der Waals surface area contributed by atoms with Crippen LogP contribution in [0.15, 0.2) is 23.5 Å². The second-order valence-electron chi connectivity index (χ2n) is 5.70. The Balaban J connectivity index is 1.67. The zero-order valence-electron chi connectivity index (χ0n) is 13.5. The Kier molecular flexibility index (Phi) is 4.99. The van der Waals surface area contributed by atoms with Crippen LogP contribution in [0, 0.1) is 6.92 Å². The fraction of sp³-hybridized carbons (Fsp3) is 0.533. The Morgan fingerprint density at radius 1 is 1.50 bits per heavy atom. The molecule has 2 aromatic rings. The van der Waals surface area contributed by atoms with Gasteiger partial charge >= 0.3 is 0 Å². The molecule has 9 heteroatoms. The maximum Gasteiger partial charge on any atom is 0.251 e. The Morgan fingerprint density at radius 2 is 2.38 bits per heavy atom. The number of hydrogen-bond donors (Lipinski definition) is 1. The largest absolute Gasteiger partial charge is 0.377 e. The molecule has 128 valence electrons. The summed E-state index contributed by atoms with van der Waals surface area (Å²) >= 11 is 0. The van der Waals surface area contributed by atoms with Gasteiger partial charge in [0.25, 0.3) is 5.56 Å². The highest BCUT2D eigenvalue weighted by Gasteiger charge is 2.29. The summed E-state index contributed by atoms with van der Waals surface area (Å²) < 4.78 is 7.19. The average Bonchev–Trinajstić information content (AvgIpc) is 3.07. The monoisotopic (exact) mass is 332 g/mol. The van der Waals surface area contributed by atoms with E-state index in [1.165, 1.54) is 12.4 Å². The van der Waals surface area contributed by atoms with Crippen LogP contribution in [0.4, 0.5) is 0 Å². The number of carbonyl (C=O) groups is 1. The average molecular weight is 332 g/mol. The highest BCUT2D eigenvalue weighted by atomic mass is 16.5. The van der Waals surface area contributed by atoms with Crippen LogP contribution in [0.3, 0.4) is 0 Å². The van der Waals surface area contributed by atoms with Gasteiger partial charge in [-0.25, -0.2) is 9.97 Å². The molecule has 1 atom stereocenters. The van der Waals surface area contributed by atoms with Gasteiger partial charge in [0.05, 0.1) is 24.9 Å². The number of rotatable bonds is 5. The summed E-state index contributed by atoms with van der Waals surface area (Å²) in [4.78, 5) is 36.9. The van der Waals surface area contributed by atoms with Crippen molar-refractivity contribution in [3.63, 3.8) is 0 Å². The molecule has 9 nitrogen and oxygen atoms in total. The minimum atomic E-state index is -0.321. The molecule has 24 heavy (non-hydrogen) atoms. The van der Waals surface area contributed by atoms with E-state index < -0.39 is 0 Å². The van der Waals surface area contributed by atoms with Crippen molar-refractivity contribution >= 4 is 5.91 Å². The summed E-state index contributed by atoms with van der Waals surface area (Å²) in [5, 5.41) is 4.02. The number of nitrogens with zero attached hydrogens (tertiary/aromatic N) is 5. The summed E-state index contributed by atoms with van der Waals surface area (Å²) in [6, 6.07) is 1.11. The lowest BCUT2D eigenvalue weighted by Crippen LogP contribution is -2.44. The molecule has 2 aromatic heterocycles. The van der Waals surface area contributed by atoms with Gasteiger partial charge in [-0.2, -0.15) is 5.10 Å². The van der Waals surface area contributed by atoms with Gasteiger partial charge in [0.1, 0.15) is 18.5 Å². The van der Waals surface area contributed by atoms with E-state index in [9.17, 15) is 9.59 Å². The van der Waals surface area contributed by atoms with Crippen LogP contribution in [-0.4, -0.2) is 55.3 Å². The molecule has 1 aliphatic rings. The van der Waals surface area contributed by atoms with E-state index in [0.29, 0.717) is 50.7 Å². The number of aryl methyl sites for hydroxylation is 2. The third-order valence-corrected chi connectivity index (χ3v) is 3.91. The zero-order valence-corrected chi connectivity index (χ0v) is 13.5. The third kappa shape index (κ3) is 3.85. The Morgan fingerprint density at radius 3 is 3.12 bits per heavy atom. The Bertz CT molecular complexity index is 742. The second kappa shape index (κ2) is 7.35. The van der Waals surface area contributed by atoms with Gasteiger partial charge in [0.2, 0.25) is 5.91 Å². The summed E-state index contributed by atoms with van der Waals surface area (Å²) in [5.74, 6) is 0.560. The van der Waals surface area contributed by atoms with E-state index in [4.69, 9.17) is 4.74 Å². The predicted molar refractivity (Wildman–Crippen MR) is 84.1 cm³/mol. The van der Waals surface area contributed by atoms with Crippen LogP contribution in [0.1, 0.15) is 30.4 Å². The van der Waals surface area contributed by atoms with Crippen LogP contribution >= 0.6 is 0 Å². The van der Waals surface area contributed by atoms with Crippen molar-refractivity contribution in [2.24, 2.45) is 0 Å². The summed E-state index contributed by atoms with van der Waals surface area (Å²) in [6.45, 7) is 3.71. The molecular formula is C15H20N6O3. The predicted octanol–water partition coefficient (Wildman–Crippen LogP) is 0.0501. The molecule has 0 aromatic carbocycles. The van der Waals surface area contributed by atoms with Crippen LogP contribution < -0.4 is 5.56 Å². The number of hydrogen-bond acceptors (Lipinski definition) is 6. The normalized spacial score (nSPS) is 17.9. The first-order valence-corrected chi connectivity index (χ1v) is 7.91. The molecule has 0 saturated carbocycles. The number of nitrogens with one attached hydrogen (secondary N) is 1. The van der Waals surface area contributed by atoms with E-state index in [2.05, 4.69) is 20.1 Å². The molecule has 0 radical (unpaired) electrons. The quantitative estimate of drug-likeness (QED) is 0.829. The van der Waals surface area contributed by atoms with Crippen LogP contribution in [-0.2, 0) is 16.1 Å².